The highest BCUT2D eigenvalue weighted by Crippen LogP contribution is 2.39. The molecule has 5 heteroatoms. The highest BCUT2D eigenvalue weighted by molar-refractivity contribution is 7.19. The van der Waals surface area contributed by atoms with Crippen molar-refractivity contribution in [3.8, 4) is 29.0 Å². The Morgan fingerprint density at radius 3 is 1.60 bits per heavy atom. The molecular formula is C45H28N4Si. The first-order valence-electron chi connectivity index (χ1n) is 16.3. The summed E-state index contributed by atoms with van der Waals surface area (Å²) in [5, 5.41) is 27.2. The van der Waals surface area contributed by atoms with Crippen LogP contribution < -0.4 is 20.7 Å². The largest absolute Gasteiger partial charge is 0.318 e. The molecule has 4 nitrogen and oxygen atoms in total. The quantitative estimate of drug-likeness (QED) is 0.104. The number of para-hydroxylation sites is 1. The fraction of sp³-hybridized carbons (Fsp3) is 0. The standard InChI is InChI=1S/C45H28N4Si/c1-48-42-29-34(28-35(31-47)45(42)49-43-20-12-11-19-40(43)41-27-32(30-46)21-26-44(41)49)33-22-24-39(25-23-33)50(36-13-5-2-6-14-36,37-15-7-3-8-16-37)38-17-9-4-10-18-38/h2-29H. The molecule has 0 bridgehead atoms. The molecule has 8 rings (SSSR count). The van der Waals surface area contributed by atoms with Gasteiger partial charge < -0.3 is 4.57 Å². The maximum atomic E-state index is 10.6. The van der Waals surface area contributed by atoms with E-state index in [1.54, 1.807) is 6.07 Å². The molecule has 50 heavy (non-hydrogen) atoms. The van der Waals surface area contributed by atoms with E-state index in [-0.39, 0.29) is 0 Å². The average molecular weight is 653 g/mol. The van der Waals surface area contributed by atoms with Crippen molar-refractivity contribution in [2.75, 3.05) is 0 Å². The van der Waals surface area contributed by atoms with E-state index in [0.717, 1.165) is 32.9 Å². The van der Waals surface area contributed by atoms with Gasteiger partial charge in [-0.3, -0.25) is 0 Å². The van der Waals surface area contributed by atoms with Gasteiger partial charge in [0.2, 0.25) is 5.69 Å². The monoisotopic (exact) mass is 652 g/mol. The number of aromatic nitrogens is 1. The number of rotatable bonds is 6. The van der Waals surface area contributed by atoms with Gasteiger partial charge in [-0.1, -0.05) is 133 Å². The van der Waals surface area contributed by atoms with Gasteiger partial charge in [0.25, 0.3) is 0 Å². The van der Waals surface area contributed by atoms with Gasteiger partial charge in [-0.25, -0.2) is 4.85 Å². The summed E-state index contributed by atoms with van der Waals surface area (Å²) in [6.07, 6.45) is 0. The van der Waals surface area contributed by atoms with Crippen LogP contribution in [-0.2, 0) is 0 Å². The van der Waals surface area contributed by atoms with Crippen LogP contribution >= 0.6 is 0 Å². The van der Waals surface area contributed by atoms with Gasteiger partial charge in [0.1, 0.15) is 0 Å². The molecule has 0 saturated heterocycles. The highest BCUT2D eigenvalue weighted by Gasteiger charge is 2.41. The number of hydrogen-bond donors (Lipinski definition) is 0. The van der Waals surface area contributed by atoms with Crippen LogP contribution in [0.3, 0.4) is 0 Å². The van der Waals surface area contributed by atoms with Crippen LogP contribution in [0.1, 0.15) is 11.1 Å². The van der Waals surface area contributed by atoms with E-state index >= 15 is 0 Å². The predicted octanol–water partition coefficient (Wildman–Crippen LogP) is 8.12. The Labute approximate surface area is 291 Å². The van der Waals surface area contributed by atoms with Crippen molar-refractivity contribution in [1.82, 2.24) is 4.57 Å². The van der Waals surface area contributed by atoms with Crippen molar-refractivity contribution in [1.29, 1.82) is 10.5 Å². The molecule has 0 amide bonds. The Balaban J connectivity index is 1.31. The van der Waals surface area contributed by atoms with E-state index in [1.165, 1.54) is 20.7 Å². The van der Waals surface area contributed by atoms with Gasteiger partial charge in [-0.05, 0) is 68.3 Å². The molecule has 232 valence electrons. The lowest BCUT2D eigenvalue weighted by molar-refractivity contribution is 1.17. The molecule has 0 N–H and O–H groups in total. The van der Waals surface area contributed by atoms with Crippen LogP contribution in [0.2, 0.25) is 0 Å². The molecule has 1 aromatic heterocycles. The van der Waals surface area contributed by atoms with Crippen LogP contribution in [0, 0.1) is 29.2 Å². The third kappa shape index (κ3) is 4.80. The zero-order chi connectivity index (χ0) is 34.1. The smallest absolute Gasteiger partial charge is 0.212 e. The molecule has 0 aliphatic carbocycles. The minimum atomic E-state index is -2.69. The highest BCUT2D eigenvalue weighted by atomic mass is 28.3. The maximum Gasteiger partial charge on any atom is 0.212 e. The maximum absolute atomic E-state index is 10.6. The summed E-state index contributed by atoms with van der Waals surface area (Å²) < 4.78 is 1.99. The summed E-state index contributed by atoms with van der Waals surface area (Å²) in [5.74, 6) is 0. The second kappa shape index (κ2) is 12.6. The van der Waals surface area contributed by atoms with Gasteiger partial charge in [-0.15, -0.1) is 0 Å². The number of benzene rings is 7. The lowest BCUT2D eigenvalue weighted by Gasteiger charge is -2.34. The Kier molecular flexibility index (Phi) is 7.63. The Hall–Kier alpha value is -6.97. The number of nitrogens with zero attached hydrogens (tertiary/aromatic N) is 4. The molecule has 1 heterocycles. The van der Waals surface area contributed by atoms with Crippen molar-refractivity contribution in [2.45, 2.75) is 0 Å². The first kappa shape index (κ1) is 30.4. The predicted molar refractivity (Wildman–Crippen MR) is 206 cm³/mol. The molecule has 7 aromatic carbocycles. The fourth-order valence-corrected chi connectivity index (χ4v) is 12.2. The summed E-state index contributed by atoms with van der Waals surface area (Å²) in [6.45, 7) is 8.26. The molecular weight excluding hydrogens is 625 g/mol. The van der Waals surface area contributed by atoms with Gasteiger partial charge in [0, 0.05) is 10.8 Å². The Morgan fingerprint density at radius 2 is 1.04 bits per heavy atom. The fourth-order valence-electron chi connectivity index (χ4n) is 7.45. The van der Waals surface area contributed by atoms with Crippen LogP contribution in [0.25, 0.3) is 43.5 Å². The molecule has 0 spiro atoms. The summed E-state index contributed by atoms with van der Waals surface area (Å²) >= 11 is 0. The summed E-state index contributed by atoms with van der Waals surface area (Å²) in [6, 6.07) is 63.0. The molecule has 8 aromatic rings. The topological polar surface area (TPSA) is 56.9 Å². The van der Waals surface area contributed by atoms with Gasteiger partial charge in [0.05, 0.1) is 46.6 Å². The van der Waals surface area contributed by atoms with Crippen molar-refractivity contribution < 1.29 is 0 Å². The second-order valence-electron chi connectivity index (χ2n) is 12.2. The van der Waals surface area contributed by atoms with Crippen LogP contribution in [0.15, 0.2) is 170 Å². The normalized spacial score (nSPS) is 11.1. The number of fused-ring (bicyclic) bond motifs is 3. The number of hydrogen-bond acceptors (Lipinski definition) is 2. The molecule has 0 unspecified atom stereocenters. The van der Waals surface area contributed by atoms with Crippen molar-refractivity contribution >= 4 is 56.3 Å². The molecule has 0 saturated carbocycles. The zero-order valence-electron chi connectivity index (χ0n) is 27.0. The van der Waals surface area contributed by atoms with E-state index in [1.807, 2.05) is 53.1 Å². The minimum Gasteiger partial charge on any atom is -0.318 e. The van der Waals surface area contributed by atoms with E-state index in [4.69, 9.17) is 6.57 Å². The second-order valence-corrected chi connectivity index (χ2v) is 16.0. The third-order valence-corrected chi connectivity index (χ3v) is 14.4. The van der Waals surface area contributed by atoms with Gasteiger partial charge in [-0.2, -0.15) is 10.5 Å². The summed E-state index contributed by atoms with van der Waals surface area (Å²) in [5.41, 5.74) is 5.35. The Bertz CT molecular complexity index is 2530. The molecule has 0 aliphatic rings. The zero-order valence-corrected chi connectivity index (χ0v) is 28.0. The first-order chi connectivity index (χ1) is 24.7. The van der Waals surface area contributed by atoms with E-state index in [0.29, 0.717) is 22.5 Å². The van der Waals surface area contributed by atoms with Crippen LogP contribution in [0.4, 0.5) is 5.69 Å². The van der Waals surface area contributed by atoms with Gasteiger partial charge in [0.15, 0.2) is 8.07 Å². The lowest BCUT2D eigenvalue weighted by atomic mass is 10.0. The van der Waals surface area contributed by atoms with E-state index in [9.17, 15) is 10.5 Å². The van der Waals surface area contributed by atoms with E-state index in [2.05, 4.69) is 132 Å². The molecule has 0 radical (unpaired) electrons. The molecule has 0 atom stereocenters. The van der Waals surface area contributed by atoms with Crippen molar-refractivity contribution in [3.05, 3.63) is 192 Å². The molecule has 0 aliphatic heterocycles. The van der Waals surface area contributed by atoms with Crippen molar-refractivity contribution in [2.24, 2.45) is 0 Å². The molecule has 0 fully saturated rings. The Morgan fingerprint density at radius 1 is 0.500 bits per heavy atom. The lowest BCUT2D eigenvalue weighted by Crippen LogP contribution is -2.74. The SMILES string of the molecule is [C-]#[N+]c1cc(-c2ccc([Si](c3ccccc3)(c3ccccc3)c3ccccc3)cc2)cc(C#N)c1-n1c2ccccc2c2cc(C#N)ccc21. The van der Waals surface area contributed by atoms with Crippen LogP contribution in [0.5, 0.6) is 0 Å². The minimum absolute atomic E-state index is 0.386. The first-order valence-corrected chi connectivity index (χ1v) is 18.3. The number of nitriles is 2. The summed E-state index contributed by atoms with van der Waals surface area (Å²) in [7, 11) is -2.69. The van der Waals surface area contributed by atoms with Crippen molar-refractivity contribution in [3.63, 3.8) is 0 Å². The van der Waals surface area contributed by atoms with Crippen LogP contribution in [-0.4, -0.2) is 12.6 Å². The van der Waals surface area contributed by atoms with Gasteiger partial charge >= 0.3 is 0 Å². The average Bonchev–Trinajstić information content (AvgIpc) is 3.52. The third-order valence-electron chi connectivity index (χ3n) is 9.63. The summed E-state index contributed by atoms with van der Waals surface area (Å²) in [4.78, 5) is 3.98. The van der Waals surface area contributed by atoms with E-state index < -0.39 is 8.07 Å².